The molecule has 98 valence electrons. The number of amides is 1. The number of esters is 1. The number of ether oxygens (including phenoxy) is 2. The molecule has 0 saturated heterocycles. The lowest BCUT2D eigenvalue weighted by molar-refractivity contribution is -0.150. The first-order chi connectivity index (χ1) is 8.52. The van der Waals surface area contributed by atoms with Gasteiger partial charge in [-0.1, -0.05) is 23.2 Å². The van der Waals surface area contributed by atoms with Crippen LogP contribution >= 0.6 is 23.2 Å². The minimum Gasteiger partial charge on any atom is -0.480 e. The van der Waals surface area contributed by atoms with Crippen LogP contribution in [0.15, 0.2) is 18.2 Å². The summed E-state index contributed by atoms with van der Waals surface area (Å²) in [6, 6.07) is 4.56. The number of rotatable bonds is 5. The number of hydrazine groups is 1. The van der Waals surface area contributed by atoms with Crippen LogP contribution in [0.2, 0.25) is 10.0 Å². The highest BCUT2D eigenvalue weighted by Crippen LogP contribution is 2.27. The van der Waals surface area contributed by atoms with Crippen molar-refractivity contribution in [3.8, 4) is 5.75 Å². The molecule has 3 N–H and O–H groups in total. The molecule has 0 spiro atoms. The highest BCUT2D eigenvalue weighted by Gasteiger charge is 2.09. The molecule has 1 aromatic carbocycles. The van der Waals surface area contributed by atoms with Gasteiger partial charge in [-0.2, -0.15) is 0 Å². The fraction of sp³-hybridized carbons (Fsp3) is 0.200. The second-order valence-corrected chi connectivity index (χ2v) is 3.94. The predicted octanol–water partition coefficient (Wildman–Crippen LogP) is 0.905. The summed E-state index contributed by atoms with van der Waals surface area (Å²) in [5.41, 5.74) is 1.82. The highest BCUT2D eigenvalue weighted by molar-refractivity contribution is 6.35. The van der Waals surface area contributed by atoms with Crippen molar-refractivity contribution >= 4 is 35.1 Å². The van der Waals surface area contributed by atoms with Crippen LogP contribution < -0.4 is 16.0 Å². The van der Waals surface area contributed by atoms with E-state index in [2.05, 4.69) is 4.74 Å². The summed E-state index contributed by atoms with van der Waals surface area (Å²) in [4.78, 5) is 21.9. The van der Waals surface area contributed by atoms with Gasteiger partial charge in [-0.25, -0.2) is 10.6 Å². The van der Waals surface area contributed by atoms with Crippen LogP contribution in [0.5, 0.6) is 5.75 Å². The summed E-state index contributed by atoms with van der Waals surface area (Å²) in [6.07, 6.45) is 0. The van der Waals surface area contributed by atoms with Gasteiger partial charge in [0.2, 0.25) is 0 Å². The third-order valence-electron chi connectivity index (χ3n) is 1.76. The molecule has 1 aromatic rings. The van der Waals surface area contributed by atoms with Crippen molar-refractivity contribution in [1.82, 2.24) is 5.43 Å². The Morgan fingerprint density at radius 2 is 2.00 bits per heavy atom. The number of nitrogens with two attached hydrogens (primary N) is 1. The van der Waals surface area contributed by atoms with Crippen molar-refractivity contribution in [2.75, 3.05) is 13.2 Å². The number of carbonyl (C=O) groups is 2. The van der Waals surface area contributed by atoms with E-state index in [0.29, 0.717) is 10.8 Å². The molecule has 0 atom stereocenters. The Morgan fingerprint density at radius 3 is 2.61 bits per heavy atom. The van der Waals surface area contributed by atoms with Gasteiger partial charge in [-0.15, -0.1) is 0 Å². The van der Waals surface area contributed by atoms with Crippen molar-refractivity contribution in [2.24, 2.45) is 5.84 Å². The van der Waals surface area contributed by atoms with Gasteiger partial charge >= 0.3 is 5.97 Å². The average Bonchev–Trinajstić information content (AvgIpc) is 2.34. The van der Waals surface area contributed by atoms with Crippen LogP contribution in [0.3, 0.4) is 0 Å². The summed E-state index contributed by atoms with van der Waals surface area (Å²) < 4.78 is 9.65. The zero-order valence-corrected chi connectivity index (χ0v) is 10.6. The topological polar surface area (TPSA) is 90.6 Å². The van der Waals surface area contributed by atoms with Crippen molar-refractivity contribution < 1.29 is 19.1 Å². The molecule has 0 fully saturated rings. The second-order valence-electron chi connectivity index (χ2n) is 3.09. The van der Waals surface area contributed by atoms with Crippen LogP contribution in [0.4, 0.5) is 0 Å². The Bertz CT molecular complexity index is 454. The van der Waals surface area contributed by atoms with Crippen molar-refractivity contribution in [3.63, 3.8) is 0 Å². The normalized spacial score (nSPS) is 9.72. The van der Waals surface area contributed by atoms with E-state index in [4.69, 9.17) is 33.8 Å². The van der Waals surface area contributed by atoms with Crippen LogP contribution in [-0.4, -0.2) is 25.1 Å². The smallest absolute Gasteiger partial charge is 0.344 e. The fourth-order valence-electron chi connectivity index (χ4n) is 0.958. The molecule has 0 aliphatic heterocycles. The third kappa shape index (κ3) is 4.79. The molecule has 0 aliphatic rings. The van der Waals surface area contributed by atoms with Crippen LogP contribution in [0.1, 0.15) is 0 Å². The van der Waals surface area contributed by atoms with E-state index in [0.717, 1.165) is 0 Å². The van der Waals surface area contributed by atoms with E-state index in [1.165, 1.54) is 12.1 Å². The predicted molar refractivity (Wildman–Crippen MR) is 65.2 cm³/mol. The molecule has 0 heterocycles. The Kier molecular flexibility index (Phi) is 5.70. The standard InChI is InChI=1S/C10H10Cl2N2O4/c11-6-1-2-8(7(12)3-6)17-5-10(16)18-4-9(15)14-13/h1-3H,4-5,13H2,(H,14,15). The maximum absolute atomic E-state index is 11.2. The molecular formula is C10H10Cl2N2O4. The lowest BCUT2D eigenvalue weighted by Gasteiger charge is -2.08. The fourth-order valence-corrected chi connectivity index (χ4v) is 1.42. The van der Waals surface area contributed by atoms with Crippen LogP contribution in [0, 0.1) is 0 Å². The Labute approximate surface area is 113 Å². The van der Waals surface area contributed by atoms with E-state index in [1.807, 2.05) is 5.43 Å². The SMILES string of the molecule is NNC(=O)COC(=O)COc1ccc(Cl)cc1Cl. The maximum atomic E-state index is 11.2. The number of carbonyl (C=O) groups excluding carboxylic acids is 2. The summed E-state index contributed by atoms with van der Waals surface area (Å²) in [6.45, 7) is -0.841. The zero-order chi connectivity index (χ0) is 13.5. The minimum absolute atomic E-state index is 0.273. The van der Waals surface area contributed by atoms with Gasteiger partial charge in [0.25, 0.3) is 5.91 Å². The van der Waals surface area contributed by atoms with E-state index in [1.54, 1.807) is 6.07 Å². The zero-order valence-electron chi connectivity index (χ0n) is 9.11. The number of nitrogens with one attached hydrogen (secondary N) is 1. The number of halogens is 2. The third-order valence-corrected chi connectivity index (χ3v) is 2.30. The number of hydrogen-bond donors (Lipinski definition) is 2. The Hall–Kier alpha value is -1.50. The summed E-state index contributed by atoms with van der Waals surface area (Å²) in [5.74, 6) is 3.76. The molecule has 0 saturated carbocycles. The van der Waals surface area contributed by atoms with E-state index < -0.39 is 18.5 Å². The van der Waals surface area contributed by atoms with Crippen molar-refractivity contribution in [2.45, 2.75) is 0 Å². The highest BCUT2D eigenvalue weighted by atomic mass is 35.5. The molecule has 18 heavy (non-hydrogen) atoms. The molecular weight excluding hydrogens is 283 g/mol. The lowest BCUT2D eigenvalue weighted by atomic mass is 10.3. The molecule has 0 aromatic heterocycles. The van der Waals surface area contributed by atoms with Crippen LogP contribution in [-0.2, 0) is 14.3 Å². The molecule has 1 rings (SSSR count). The first kappa shape index (κ1) is 14.6. The molecule has 1 amide bonds. The summed E-state index contributed by atoms with van der Waals surface area (Å²) >= 11 is 11.5. The van der Waals surface area contributed by atoms with E-state index in [-0.39, 0.29) is 11.6 Å². The summed E-state index contributed by atoms with van der Waals surface area (Å²) in [5, 5.41) is 0.726. The number of hydrogen-bond acceptors (Lipinski definition) is 5. The quantitative estimate of drug-likeness (QED) is 0.364. The summed E-state index contributed by atoms with van der Waals surface area (Å²) in [7, 11) is 0. The average molecular weight is 293 g/mol. The van der Waals surface area contributed by atoms with Gasteiger partial charge in [-0.3, -0.25) is 10.2 Å². The van der Waals surface area contributed by atoms with Gasteiger partial charge in [0, 0.05) is 5.02 Å². The van der Waals surface area contributed by atoms with Gasteiger partial charge in [0.15, 0.2) is 13.2 Å². The second kappa shape index (κ2) is 7.05. The first-order valence-electron chi connectivity index (χ1n) is 4.76. The largest absolute Gasteiger partial charge is 0.480 e. The van der Waals surface area contributed by atoms with Gasteiger partial charge < -0.3 is 9.47 Å². The van der Waals surface area contributed by atoms with E-state index >= 15 is 0 Å². The maximum Gasteiger partial charge on any atom is 0.344 e. The molecule has 8 heteroatoms. The first-order valence-corrected chi connectivity index (χ1v) is 5.51. The van der Waals surface area contributed by atoms with Gasteiger partial charge in [-0.05, 0) is 18.2 Å². The molecule has 0 aliphatic carbocycles. The van der Waals surface area contributed by atoms with Gasteiger partial charge in [0.1, 0.15) is 5.75 Å². The number of benzene rings is 1. The Morgan fingerprint density at radius 1 is 1.28 bits per heavy atom. The monoisotopic (exact) mass is 292 g/mol. The molecule has 0 unspecified atom stereocenters. The molecule has 0 bridgehead atoms. The Balaban J connectivity index is 2.40. The van der Waals surface area contributed by atoms with Gasteiger partial charge in [0.05, 0.1) is 5.02 Å². The molecule has 0 radical (unpaired) electrons. The van der Waals surface area contributed by atoms with Crippen molar-refractivity contribution in [3.05, 3.63) is 28.2 Å². The minimum atomic E-state index is -0.718. The van der Waals surface area contributed by atoms with Crippen LogP contribution in [0.25, 0.3) is 0 Å². The lowest BCUT2D eigenvalue weighted by Crippen LogP contribution is -2.34. The van der Waals surface area contributed by atoms with E-state index in [9.17, 15) is 9.59 Å². The molecule has 6 nitrogen and oxygen atoms in total. The van der Waals surface area contributed by atoms with Crippen molar-refractivity contribution in [1.29, 1.82) is 0 Å².